The van der Waals surface area contributed by atoms with Gasteiger partial charge in [0.15, 0.2) is 11.5 Å². The molecule has 2 amide bonds. The smallest absolute Gasteiger partial charge is 0.315 e. The minimum absolute atomic E-state index is 0.125. The van der Waals surface area contributed by atoms with Gasteiger partial charge in [0.1, 0.15) is 0 Å². The van der Waals surface area contributed by atoms with E-state index >= 15 is 0 Å². The molecule has 1 atom stereocenters. The van der Waals surface area contributed by atoms with Crippen molar-refractivity contribution in [2.75, 3.05) is 19.9 Å². The molecule has 0 bridgehead atoms. The van der Waals surface area contributed by atoms with Crippen LogP contribution in [0.4, 0.5) is 4.79 Å². The molecular formula is C18H21N3O3S. The molecule has 2 aliphatic rings. The van der Waals surface area contributed by atoms with Crippen molar-refractivity contribution in [3.05, 3.63) is 46.2 Å². The fourth-order valence-electron chi connectivity index (χ4n) is 3.20. The summed E-state index contributed by atoms with van der Waals surface area (Å²) < 4.78 is 10.6. The Morgan fingerprint density at radius 3 is 3.04 bits per heavy atom. The van der Waals surface area contributed by atoms with E-state index < -0.39 is 0 Å². The van der Waals surface area contributed by atoms with E-state index in [0.29, 0.717) is 6.54 Å². The van der Waals surface area contributed by atoms with E-state index in [1.165, 1.54) is 5.56 Å². The zero-order chi connectivity index (χ0) is 17.1. The number of benzene rings is 1. The van der Waals surface area contributed by atoms with Crippen LogP contribution in [0.3, 0.4) is 0 Å². The van der Waals surface area contributed by atoms with Gasteiger partial charge in [-0.3, -0.25) is 4.90 Å². The minimum atomic E-state index is -0.125. The van der Waals surface area contributed by atoms with Crippen LogP contribution in [0.15, 0.2) is 35.0 Å². The molecule has 1 fully saturated rings. The van der Waals surface area contributed by atoms with E-state index in [-0.39, 0.29) is 18.9 Å². The molecule has 4 rings (SSSR count). The first kappa shape index (κ1) is 16.2. The normalized spacial score (nSPS) is 19.1. The Bertz CT molecular complexity index is 735. The van der Waals surface area contributed by atoms with Crippen LogP contribution in [0.5, 0.6) is 11.5 Å². The Labute approximate surface area is 150 Å². The van der Waals surface area contributed by atoms with Gasteiger partial charge in [0, 0.05) is 32.2 Å². The van der Waals surface area contributed by atoms with Gasteiger partial charge in [-0.15, -0.1) is 0 Å². The van der Waals surface area contributed by atoms with Crippen molar-refractivity contribution in [3.8, 4) is 11.5 Å². The van der Waals surface area contributed by atoms with Crippen LogP contribution in [0.1, 0.15) is 17.5 Å². The van der Waals surface area contributed by atoms with Crippen LogP contribution >= 0.6 is 11.3 Å². The predicted molar refractivity (Wildman–Crippen MR) is 95.9 cm³/mol. The van der Waals surface area contributed by atoms with Gasteiger partial charge in [-0.25, -0.2) is 4.79 Å². The summed E-state index contributed by atoms with van der Waals surface area (Å²) in [5.74, 6) is 1.49. The number of fused-ring (bicyclic) bond motifs is 1. The maximum atomic E-state index is 12.1. The number of rotatable bonds is 5. The first-order chi connectivity index (χ1) is 12.3. The summed E-state index contributed by atoms with van der Waals surface area (Å²) in [6.07, 6.45) is 0.988. The Morgan fingerprint density at radius 1 is 1.24 bits per heavy atom. The van der Waals surface area contributed by atoms with Gasteiger partial charge in [0.2, 0.25) is 6.79 Å². The molecule has 1 saturated heterocycles. The van der Waals surface area contributed by atoms with Crippen molar-refractivity contribution in [3.63, 3.8) is 0 Å². The van der Waals surface area contributed by atoms with E-state index in [0.717, 1.165) is 43.1 Å². The molecule has 2 aliphatic heterocycles. The monoisotopic (exact) mass is 359 g/mol. The summed E-state index contributed by atoms with van der Waals surface area (Å²) in [6.45, 7) is 3.60. The van der Waals surface area contributed by atoms with Crippen LogP contribution in [-0.4, -0.2) is 36.9 Å². The molecule has 0 unspecified atom stereocenters. The molecular weight excluding hydrogens is 338 g/mol. The second kappa shape index (κ2) is 7.33. The molecule has 0 aliphatic carbocycles. The summed E-state index contributed by atoms with van der Waals surface area (Å²) in [5.41, 5.74) is 2.34. The van der Waals surface area contributed by atoms with E-state index in [4.69, 9.17) is 9.47 Å². The molecule has 2 N–H and O–H groups in total. The van der Waals surface area contributed by atoms with Crippen molar-refractivity contribution in [2.45, 2.75) is 25.6 Å². The second-order valence-corrected chi connectivity index (χ2v) is 7.15. The molecule has 2 aromatic rings. The maximum Gasteiger partial charge on any atom is 0.315 e. The molecule has 7 heteroatoms. The lowest BCUT2D eigenvalue weighted by molar-refractivity contribution is 0.174. The Morgan fingerprint density at radius 2 is 2.16 bits per heavy atom. The molecule has 1 aromatic heterocycles. The van der Waals surface area contributed by atoms with Crippen molar-refractivity contribution in [1.29, 1.82) is 0 Å². The molecule has 25 heavy (non-hydrogen) atoms. The fourth-order valence-corrected chi connectivity index (χ4v) is 3.86. The topological polar surface area (TPSA) is 62.8 Å². The minimum Gasteiger partial charge on any atom is -0.454 e. The Kier molecular flexibility index (Phi) is 4.76. The number of hydrogen-bond acceptors (Lipinski definition) is 5. The van der Waals surface area contributed by atoms with Crippen molar-refractivity contribution < 1.29 is 14.3 Å². The molecule has 1 aromatic carbocycles. The largest absolute Gasteiger partial charge is 0.454 e. The number of amides is 2. The lowest BCUT2D eigenvalue weighted by atomic mass is 10.2. The second-order valence-electron chi connectivity index (χ2n) is 6.37. The fraction of sp³-hybridized carbons (Fsp3) is 0.389. The number of carbonyl (C=O) groups excluding carboxylic acids is 1. The average Bonchev–Trinajstić information content (AvgIpc) is 3.35. The standard InChI is InChI=1S/C18H21N3O3S/c22-18(19-8-13-1-2-16-17(7-13)24-12-23-16)20-15-3-5-21(10-15)9-14-4-6-25-11-14/h1-2,4,6-7,11,15H,3,5,8-10,12H2,(H2,19,20,22)/t15-/m1/s1. The van der Waals surface area contributed by atoms with Gasteiger partial charge in [-0.1, -0.05) is 6.07 Å². The summed E-state index contributed by atoms with van der Waals surface area (Å²) in [4.78, 5) is 14.5. The third kappa shape index (κ3) is 4.05. The van der Waals surface area contributed by atoms with Crippen LogP contribution in [0.25, 0.3) is 0 Å². The third-order valence-corrected chi connectivity index (χ3v) is 5.22. The maximum absolute atomic E-state index is 12.1. The van der Waals surface area contributed by atoms with E-state index in [9.17, 15) is 4.79 Å². The first-order valence-corrected chi connectivity index (χ1v) is 9.37. The quantitative estimate of drug-likeness (QED) is 0.861. The molecule has 3 heterocycles. The van der Waals surface area contributed by atoms with Crippen molar-refractivity contribution >= 4 is 17.4 Å². The lowest BCUT2D eigenvalue weighted by Crippen LogP contribution is -2.43. The first-order valence-electron chi connectivity index (χ1n) is 8.42. The summed E-state index contributed by atoms with van der Waals surface area (Å²) in [7, 11) is 0. The molecule has 0 spiro atoms. The Balaban J connectivity index is 1.21. The number of hydrogen-bond donors (Lipinski definition) is 2. The summed E-state index contributed by atoms with van der Waals surface area (Å²) >= 11 is 1.72. The van der Waals surface area contributed by atoms with Crippen molar-refractivity contribution in [1.82, 2.24) is 15.5 Å². The third-order valence-electron chi connectivity index (χ3n) is 4.48. The van der Waals surface area contributed by atoms with Gasteiger partial charge < -0.3 is 20.1 Å². The number of likely N-dealkylation sites (tertiary alicyclic amines) is 1. The van der Waals surface area contributed by atoms with Crippen LogP contribution in [0, 0.1) is 0 Å². The van der Waals surface area contributed by atoms with Crippen molar-refractivity contribution in [2.24, 2.45) is 0 Å². The Hall–Kier alpha value is -2.25. The molecule has 6 nitrogen and oxygen atoms in total. The number of thiophene rings is 1. The lowest BCUT2D eigenvalue weighted by Gasteiger charge is -2.16. The number of nitrogens with one attached hydrogen (secondary N) is 2. The van der Waals surface area contributed by atoms with Gasteiger partial charge in [0.25, 0.3) is 0 Å². The van der Waals surface area contributed by atoms with Gasteiger partial charge >= 0.3 is 6.03 Å². The van der Waals surface area contributed by atoms with Gasteiger partial charge in [-0.05, 0) is 46.5 Å². The molecule has 0 radical (unpaired) electrons. The number of ether oxygens (including phenoxy) is 2. The highest BCUT2D eigenvalue weighted by molar-refractivity contribution is 7.07. The van der Waals surface area contributed by atoms with E-state index in [2.05, 4.69) is 32.4 Å². The van der Waals surface area contributed by atoms with E-state index in [1.54, 1.807) is 11.3 Å². The number of nitrogens with zero attached hydrogens (tertiary/aromatic N) is 1. The predicted octanol–water partition coefficient (Wildman–Crippen LogP) is 2.55. The number of carbonyl (C=O) groups is 1. The van der Waals surface area contributed by atoms with Gasteiger partial charge in [-0.2, -0.15) is 11.3 Å². The SMILES string of the molecule is O=C(NCc1ccc2c(c1)OCO2)N[C@@H]1CCN(Cc2ccsc2)C1. The molecule has 132 valence electrons. The number of urea groups is 1. The highest BCUT2D eigenvalue weighted by Crippen LogP contribution is 2.32. The summed E-state index contributed by atoms with van der Waals surface area (Å²) in [5, 5.41) is 10.3. The molecule has 0 saturated carbocycles. The summed E-state index contributed by atoms with van der Waals surface area (Å²) in [6, 6.07) is 7.95. The zero-order valence-electron chi connectivity index (χ0n) is 13.9. The van der Waals surface area contributed by atoms with Crippen LogP contribution in [0.2, 0.25) is 0 Å². The highest BCUT2D eigenvalue weighted by Gasteiger charge is 2.23. The zero-order valence-corrected chi connectivity index (χ0v) is 14.7. The van der Waals surface area contributed by atoms with E-state index in [1.807, 2.05) is 18.2 Å². The average molecular weight is 359 g/mol. The highest BCUT2D eigenvalue weighted by atomic mass is 32.1. The van der Waals surface area contributed by atoms with Crippen LogP contribution < -0.4 is 20.1 Å². The van der Waals surface area contributed by atoms with Crippen LogP contribution in [-0.2, 0) is 13.1 Å². The van der Waals surface area contributed by atoms with Gasteiger partial charge in [0.05, 0.1) is 0 Å².